The van der Waals surface area contributed by atoms with Crippen LogP contribution >= 0.6 is 0 Å². The predicted molar refractivity (Wildman–Crippen MR) is 85.1 cm³/mol. The molecule has 0 aromatic heterocycles. The van der Waals surface area contributed by atoms with Crippen LogP contribution in [-0.4, -0.2) is 38.8 Å². The third kappa shape index (κ3) is 3.98. The summed E-state index contributed by atoms with van der Waals surface area (Å²) in [6, 6.07) is 0.356. The molecule has 21 heavy (non-hydrogen) atoms. The molecule has 1 saturated heterocycles. The quantitative estimate of drug-likeness (QED) is 0.818. The van der Waals surface area contributed by atoms with E-state index >= 15 is 0 Å². The van der Waals surface area contributed by atoms with E-state index in [1.165, 1.54) is 19.3 Å². The van der Waals surface area contributed by atoms with Crippen LogP contribution in [0.1, 0.15) is 52.4 Å². The Kier molecular flexibility index (Phi) is 6.06. The second-order valence-corrected chi connectivity index (χ2v) is 7.24. The van der Waals surface area contributed by atoms with Crippen molar-refractivity contribution in [2.45, 2.75) is 58.4 Å². The minimum atomic E-state index is -0.320. The number of ether oxygens (including phenoxy) is 1. The summed E-state index contributed by atoms with van der Waals surface area (Å²) in [5, 5.41) is 6.75. The van der Waals surface area contributed by atoms with Crippen LogP contribution in [0.25, 0.3) is 0 Å². The Balaban J connectivity index is 2.03. The van der Waals surface area contributed by atoms with Crippen molar-refractivity contribution in [1.29, 1.82) is 0 Å². The van der Waals surface area contributed by atoms with Gasteiger partial charge in [-0.2, -0.15) is 0 Å². The minimum absolute atomic E-state index is 0.225. The zero-order valence-corrected chi connectivity index (χ0v) is 13.9. The molecule has 0 spiro atoms. The predicted octanol–water partition coefficient (Wildman–Crippen LogP) is 2.33. The van der Waals surface area contributed by atoms with Crippen LogP contribution in [0.15, 0.2) is 0 Å². The second kappa shape index (κ2) is 7.59. The molecule has 0 radical (unpaired) electrons. The molecule has 1 heterocycles. The summed E-state index contributed by atoms with van der Waals surface area (Å²) in [5.41, 5.74) is -0.320. The first-order chi connectivity index (χ1) is 10.1. The first-order valence-electron chi connectivity index (χ1n) is 8.60. The van der Waals surface area contributed by atoms with E-state index in [4.69, 9.17) is 4.74 Å². The lowest BCUT2D eigenvalue weighted by molar-refractivity contribution is -0.137. The van der Waals surface area contributed by atoms with E-state index < -0.39 is 0 Å². The van der Waals surface area contributed by atoms with Crippen molar-refractivity contribution in [3.05, 3.63) is 0 Å². The van der Waals surface area contributed by atoms with Crippen molar-refractivity contribution in [3.63, 3.8) is 0 Å². The summed E-state index contributed by atoms with van der Waals surface area (Å²) in [4.78, 5) is 12.9. The maximum absolute atomic E-state index is 12.9. The molecule has 0 aromatic carbocycles. The van der Waals surface area contributed by atoms with Gasteiger partial charge in [0.05, 0.1) is 12.0 Å². The molecule has 2 atom stereocenters. The zero-order chi connectivity index (χ0) is 15.3. The van der Waals surface area contributed by atoms with Crippen LogP contribution in [0, 0.1) is 17.3 Å². The molecule has 2 rings (SSSR count). The first kappa shape index (κ1) is 16.8. The van der Waals surface area contributed by atoms with Gasteiger partial charge in [-0.05, 0) is 50.6 Å². The van der Waals surface area contributed by atoms with E-state index in [9.17, 15) is 4.79 Å². The highest BCUT2D eigenvalue weighted by molar-refractivity contribution is 5.83. The molecule has 2 fully saturated rings. The molecule has 1 aliphatic carbocycles. The molecule has 4 nitrogen and oxygen atoms in total. The van der Waals surface area contributed by atoms with Crippen molar-refractivity contribution in [2.24, 2.45) is 17.3 Å². The summed E-state index contributed by atoms with van der Waals surface area (Å²) in [6.07, 6.45) is 6.70. The molecule has 0 bridgehead atoms. The van der Waals surface area contributed by atoms with Gasteiger partial charge in [-0.15, -0.1) is 0 Å². The minimum Gasteiger partial charge on any atom is -0.384 e. The summed E-state index contributed by atoms with van der Waals surface area (Å²) >= 11 is 0. The van der Waals surface area contributed by atoms with E-state index in [0.717, 1.165) is 32.4 Å². The number of methoxy groups -OCH3 is 1. The van der Waals surface area contributed by atoms with E-state index in [-0.39, 0.29) is 11.3 Å². The Morgan fingerprint density at radius 3 is 2.57 bits per heavy atom. The maximum atomic E-state index is 12.9. The molecule has 2 unspecified atom stereocenters. The van der Waals surface area contributed by atoms with Gasteiger partial charge >= 0.3 is 0 Å². The number of hydrogen-bond donors (Lipinski definition) is 2. The zero-order valence-electron chi connectivity index (χ0n) is 13.9. The van der Waals surface area contributed by atoms with Crippen molar-refractivity contribution in [3.8, 4) is 0 Å². The van der Waals surface area contributed by atoms with Crippen LogP contribution in [-0.2, 0) is 9.53 Å². The molecule has 1 amide bonds. The third-order valence-electron chi connectivity index (χ3n) is 5.46. The largest absolute Gasteiger partial charge is 0.384 e. The number of amides is 1. The van der Waals surface area contributed by atoms with Crippen molar-refractivity contribution >= 4 is 5.91 Å². The Labute approximate surface area is 129 Å². The van der Waals surface area contributed by atoms with E-state index in [1.54, 1.807) is 7.11 Å². The summed E-state index contributed by atoms with van der Waals surface area (Å²) < 4.78 is 5.38. The highest BCUT2D eigenvalue weighted by Crippen LogP contribution is 2.33. The average molecular weight is 296 g/mol. The number of carbonyl (C=O) groups excluding carboxylic acids is 1. The average Bonchev–Trinajstić information content (AvgIpc) is 2.49. The van der Waals surface area contributed by atoms with Gasteiger partial charge < -0.3 is 15.4 Å². The molecule has 1 aliphatic heterocycles. The van der Waals surface area contributed by atoms with Gasteiger partial charge in [0.2, 0.25) is 5.91 Å². The van der Waals surface area contributed by atoms with Crippen molar-refractivity contribution in [1.82, 2.24) is 10.6 Å². The Hall–Kier alpha value is -0.610. The van der Waals surface area contributed by atoms with E-state index in [0.29, 0.717) is 24.5 Å². The van der Waals surface area contributed by atoms with Gasteiger partial charge in [0.25, 0.3) is 0 Å². The fraction of sp³-hybridized carbons (Fsp3) is 0.941. The molecule has 2 N–H and O–H groups in total. The number of nitrogens with one attached hydrogen (secondary N) is 2. The lowest BCUT2D eigenvalue weighted by Crippen LogP contribution is -2.54. The van der Waals surface area contributed by atoms with Crippen LogP contribution in [0.5, 0.6) is 0 Å². The number of piperidine rings is 1. The van der Waals surface area contributed by atoms with Gasteiger partial charge in [-0.3, -0.25) is 4.79 Å². The summed E-state index contributed by atoms with van der Waals surface area (Å²) in [6.45, 7) is 6.93. The van der Waals surface area contributed by atoms with Gasteiger partial charge in [-0.25, -0.2) is 0 Å². The van der Waals surface area contributed by atoms with Crippen molar-refractivity contribution in [2.75, 3.05) is 26.8 Å². The van der Waals surface area contributed by atoms with Gasteiger partial charge in [0.15, 0.2) is 0 Å². The van der Waals surface area contributed by atoms with Gasteiger partial charge in [-0.1, -0.05) is 26.7 Å². The summed E-state index contributed by atoms with van der Waals surface area (Å²) in [7, 11) is 1.70. The molecule has 4 heteroatoms. The molecule has 1 saturated carbocycles. The standard InChI is InChI=1S/C17H32N2O2/c1-13(2)14-6-4-5-7-15(14)19-16(20)17(12-21-3)8-10-18-11-9-17/h13-15,18H,4-12H2,1-3H3,(H,19,20). The molecule has 0 aromatic rings. The molecular formula is C17H32N2O2. The normalized spacial score (nSPS) is 29.3. The van der Waals surface area contributed by atoms with E-state index in [2.05, 4.69) is 24.5 Å². The summed E-state index contributed by atoms with van der Waals surface area (Å²) in [5.74, 6) is 1.49. The first-order valence-corrected chi connectivity index (χ1v) is 8.60. The lowest BCUT2D eigenvalue weighted by Gasteiger charge is -2.40. The van der Waals surface area contributed by atoms with Gasteiger partial charge in [0.1, 0.15) is 0 Å². The van der Waals surface area contributed by atoms with Crippen LogP contribution < -0.4 is 10.6 Å². The van der Waals surface area contributed by atoms with Gasteiger partial charge in [0, 0.05) is 13.2 Å². The smallest absolute Gasteiger partial charge is 0.228 e. The van der Waals surface area contributed by atoms with Crippen LogP contribution in [0.2, 0.25) is 0 Å². The van der Waals surface area contributed by atoms with Crippen molar-refractivity contribution < 1.29 is 9.53 Å². The lowest BCUT2D eigenvalue weighted by atomic mass is 9.75. The Morgan fingerprint density at radius 1 is 1.29 bits per heavy atom. The van der Waals surface area contributed by atoms with Crippen LogP contribution in [0.4, 0.5) is 0 Å². The SMILES string of the molecule is COCC1(C(=O)NC2CCCCC2C(C)C)CCNCC1. The number of carbonyl (C=O) groups is 1. The second-order valence-electron chi connectivity index (χ2n) is 7.24. The molecule has 122 valence electrons. The number of rotatable bonds is 5. The highest BCUT2D eigenvalue weighted by atomic mass is 16.5. The fourth-order valence-corrected chi connectivity index (χ4v) is 4.08. The highest BCUT2D eigenvalue weighted by Gasteiger charge is 2.41. The molecule has 2 aliphatic rings. The number of hydrogen-bond acceptors (Lipinski definition) is 3. The Morgan fingerprint density at radius 2 is 1.95 bits per heavy atom. The third-order valence-corrected chi connectivity index (χ3v) is 5.46. The topological polar surface area (TPSA) is 50.4 Å². The fourth-order valence-electron chi connectivity index (χ4n) is 4.08. The van der Waals surface area contributed by atoms with E-state index in [1.807, 2.05) is 0 Å². The monoisotopic (exact) mass is 296 g/mol. The molecular weight excluding hydrogens is 264 g/mol. The Bertz CT molecular complexity index is 332. The maximum Gasteiger partial charge on any atom is 0.228 e. The van der Waals surface area contributed by atoms with Crippen LogP contribution in [0.3, 0.4) is 0 Å².